The zero-order chi connectivity index (χ0) is 19.9. The normalized spacial score (nSPS) is 10.5. The predicted molar refractivity (Wildman–Crippen MR) is 116 cm³/mol. The summed E-state index contributed by atoms with van der Waals surface area (Å²) in [5.74, 6) is 1.68. The first-order valence-corrected chi connectivity index (χ1v) is 10.2. The van der Waals surface area contributed by atoms with Gasteiger partial charge >= 0.3 is 0 Å². The number of ether oxygens (including phenoxy) is 1. The van der Waals surface area contributed by atoms with Crippen molar-refractivity contribution in [1.82, 2.24) is 4.90 Å². The summed E-state index contributed by atoms with van der Waals surface area (Å²) in [6.45, 7) is 2.60. The Morgan fingerprint density at radius 1 is 0.964 bits per heavy atom. The summed E-state index contributed by atoms with van der Waals surface area (Å²) >= 11 is 1.80. The molecule has 0 atom stereocenters. The van der Waals surface area contributed by atoms with Gasteiger partial charge in [-0.15, -0.1) is 11.8 Å². The minimum absolute atomic E-state index is 0.00337. The maximum Gasteiger partial charge on any atom is 0.253 e. The standard InChI is InChI=1S/C24H25NO2S/c1-18-8-14-22(15-9-18)28-17-19-10-12-20(13-11-19)24(26)25(2)16-21-6-4-5-7-23(21)27-3/h4-15H,16-17H2,1-3H3. The van der Waals surface area contributed by atoms with Crippen LogP contribution in [0, 0.1) is 6.92 Å². The molecule has 0 saturated carbocycles. The summed E-state index contributed by atoms with van der Waals surface area (Å²) in [6.07, 6.45) is 0. The van der Waals surface area contributed by atoms with Crippen LogP contribution in [0.3, 0.4) is 0 Å². The van der Waals surface area contributed by atoms with E-state index in [0.717, 1.165) is 17.1 Å². The van der Waals surface area contributed by atoms with Crippen molar-refractivity contribution in [1.29, 1.82) is 0 Å². The quantitative estimate of drug-likeness (QED) is 0.493. The van der Waals surface area contributed by atoms with Crippen LogP contribution in [0.4, 0.5) is 0 Å². The van der Waals surface area contributed by atoms with Crippen molar-refractivity contribution in [3.8, 4) is 5.75 Å². The van der Waals surface area contributed by atoms with E-state index in [1.165, 1.54) is 16.0 Å². The molecule has 0 spiro atoms. The van der Waals surface area contributed by atoms with Crippen molar-refractivity contribution in [2.24, 2.45) is 0 Å². The highest BCUT2D eigenvalue weighted by Gasteiger charge is 2.14. The molecule has 3 aromatic carbocycles. The summed E-state index contributed by atoms with van der Waals surface area (Å²) in [5, 5.41) is 0. The van der Waals surface area contributed by atoms with Crippen LogP contribution in [-0.4, -0.2) is 25.0 Å². The van der Waals surface area contributed by atoms with Gasteiger partial charge in [-0.1, -0.05) is 48.0 Å². The van der Waals surface area contributed by atoms with Crippen molar-refractivity contribution in [3.63, 3.8) is 0 Å². The fourth-order valence-electron chi connectivity index (χ4n) is 2.93. The van der Waals surface area contributed by atoms with E-state index >= 15 is 0 Å². The van der Waals surface area contributed by atoms with Gasteiger partial charge in [-0.2, -0.15) is 0 Å². The second-order valence-electron chi connectivity index (χ2n) is 6.77. The van der Waals surface area contributed by atoms with Gasteiger partial charge in [0.05, 0.1) is 7.11 Å². The van der Waals surface area contributed by atoms with Gasteiger partial charge in [-0.25, -0.2) is 0 Å². The lowest BCUT2D eigenvalue weighted by molar-refractivity contribution is 0.0784. The number of hydrogen-bond donors (Lipinski definition) is 0. The van der Waals surface area contributed by atoms with Crippen molar-refractivity contribution in [2.45, 2.75) is 24.1 Å². The molecule has 0 heterocycles. The number of para-hydroxylation sites is 1. The third-order valence-corrected chi connectivity index (χ3v) is 5.66. The number of carbonyl (C=O) groups is 1. The van der Waals surface area contributed by atoms with E-state index in [2.05, 4.69) is 31.2 Å². The van der Waals surface area contributed by atoms with Crippen LogP contribution in [0.2, 0.25) is 0 Å². The number of thioether (sulfide) groups is 1. The van der Waals surface area contributed by atoms with E-state index in [0.29, 0.717) is 12.1 Å². The molecule has 0 fully saturated rings. The molecule has 4 heteroatoms. The molecule has 0 bridgehead atoms. The lowest BCUT2D eigenvalue weighted by Gasteiger charge is -2.19. The van der Waals surface area contributed by atoms with Crippen molar-refractivity contribution in [3.05, 3.63) is 95.1 Å². The Bertz CT molecular complexity index is 920. The first kappa shape index (κ1) is 20.0. The molecule has 0 aromatic heterocycles. The average molecular weight is 392 g/mol. The van der Waals surface area contributed by atoms with Crippen LogP contribution in [0.25, 0.3) is 0 Å². The van der Waals surface area contributed by atoms with E-state index in [4.69, 9.17) is 4.74 Å². The smallest absolute Gasteiger partial charge is 0.253 e. The van der Waals surface area contributed by atoms with Crippen LogP contribution < -0.4 is 4.74 Å². The third-order valence-electron chi connectivity index (χ3n) is 4.57. The number of hydrogen-bond acceptors (Lipinski definition) is 3. The van der Waals surface area contributed by atoms with Crippen LogP contribution in [0.1, 0.15) is 27.0 Å². The van der Waals surface area contributed by atoms with Crippen LogP contribution in [-0.2, 0) is 12.3 Å². The molecule has 0 aliphatic heterocycles. The van der Waals surface area contributed by atoms with E-state index in [1.807, 2.05) is 55.6 Å². The number of aryl methyl sites for hydroxylation is 1. The lowest BCUT2D eigenvalue weighted by Crippen LogP contribution is -2.26. The topological polar surface area (TPSA) is 29.5 Å². The minimum Gasteiger partial charge on any atom is -0.496 e. The molecule has 3 aromatic rings. The van der Waals surface area contributed by atoms with E-state index in [1.54, 1.807) is 23.8 Å². The van der Waals surface area contributed by atoms with Gasteiger partial charge in [-0.3, -0.25) is 4.79 Å². The number of benzene rings is 3. The number of carbonyl (C=O) groups excluding carboxylic acids is 1. The number of nitrogens with zero attached hydrogens (tertiary/aromatic N) is 1. The highest BCUT2D eigenvalue weighted by molar-refractivity contribution is 7.98. The Labute approximate surface area is 171 Å². The van der Waals surface area contributed by atoms with E-state index in [-0.39, 0.29) is 5.91 Å². The molecule has 0 unspecified atom stereocenters. The van der Waals surface area contributed by atoms with Crippen molar-refractivity contribution < 1.29 is 9.53 Å². The Morgan fingerprint density at radius 2 is 1.64 bits per heavy atom. The lowest BCUT2D eigenvalue weighted by atomic mass is 10.1. The van der Waals surface area contributed by atoms with Gasteiger partial charge in [-0.05, 0) is 42.8 Å². The number of amides is 1. The summed E-state index contributed by atoms with van der Waals surface area (Å²) < 4.78 is 5.38. The van der Waals surface area contributed by atoms with Gasteiger partial charge in [0.15, 0.2) is 0 Å². The Morgan fingerprint density at radius 3 is 2.32 bits per heavy atom. The zero-order valence-corrected chi connectivity index (χ0v) is 17.3. The molecule has 0 aliphatic carbocycles. The summed E-state index contributed by atoms with van der Waals surface area (Å²) in [6, 6.07) is 24.2. The van der Waals surface area contributed by atoms with Crippen molar-refractivity contribution >= 4 is 17.7 Å². The van der Waals surface area contributed by atoms with Gasteiger partial charge in [0.25, 0.3) is 5.91 Å². The first-order chi connectivity index (χ1) is 13.6. The second-order valence-corrected chi connectivity index (χ2v) is 7.82. The highest BCUT2D eigenvalue weighted by atomic mass is 32.2. The molecule has 28 heavy (non-hydrogen) atoms. The zero-order valence-electron chi connectivity index (χ0n) is 16.5. The highest BCUT2D eigenvalue weighted by Crippen LogP contribution is 2.24. The van der Waals surface area contributed by atoms with Gasteiger partial charge in [0.2, 0.25) is 0 Å². The molecular weight excluding hydrogens is 366 g/mol. The predicted octanol–water partition coefficient (Wildman–Crippen LogP) is 5.57. The molecule has 3 nitrogen and oxygen atoms in total. The Balaban J connectivity index is 1.60. The molecule has 0 radical (unpaired) electrons. The SMILES string of the molecule is COc1ccccc1CN(C)C(=O)c1ccc(CSc2ccc(C)cc2)cc1. The second kappa shape index (κ2) is 9.47. The summed E-state index contributed by atoms with van der Waals surface area (Å²) in [5.41, 5.74) is 4.16. The monoisotopic (exact) mass is 391 g/mol. The van der Waals surface area contributed by atoms with E-state index < -0.39 is 0 Å². The Hall–Kier alpha value is -2.72. The average Bonchev–Trinajstić information content (AvgIpc) is 2.73. The fraction of sp³-hybridized carbons (Fsp3) is 0.208. The molecule has 0 aliphatic rings. The van der Waals surface area contributed by atoms with Crippen LogP contribution in [0.5, 0.6) is 5.75 Å². The molecule has 0 saturated heterocycles. The first-order valence-electron chi connectivity index (χ1n) is 9.22. The summed E-state index contributed by atoms with van der Waals surface area (Å²) in [4.78, 5) is 15.7. The van der Waals surface area contributed by atoms with Crippen molar-refractivity contribution in [2.75, 3.05) is 14.2 Å². The minimum atomic E-state index is 0.00337. The fourth-order valence-corrected chi connectivity index (χ4v) is 3.78. The maximum absolute atomic E-state index is 12.8. The summed E-state index contributed by atoms with van der Waals surface area (Å²) in [7, 11) is 3.46. The maximum atomic E-state index is 12.8. The number of rotatable bonds is 7. The van der Waals surface area contributed by atoms with E-state index in [9.17, 15) is 4.79 Å². The molecule has 1 amide bonds. The van der Waals surface area contributed by atoms with Gasteiger partial charge in [0, 0.05) is 35.4 Å². The molecule has 0 N–H and O–H groups in total. The van der Waals surface area contributed by atoms with Gasteiger partial charge in [0.1, 0.15) is 5.75 Å². The third kappa shape index (κ3) is 5.17. The molecular formula is C24H25NO2S. The number of methoxy groups -OCH3 is 1. The largest absolute Gasteiger partial charge is 0.496 e. The van der Waals surface area contributed by atoms with Gasteiger partial charge < -0.3 is 9.64 Å². The Kier molecular flexibility index (Phi) is 6.77. The van der Waals surface area contributed by atoms with Crippen LogP contribution >= 0.6 is 11.8 Å². The molecule has 144 valence electrons. The van der Waals surface area contributed by atoms with Crippen LogP contribution in [0.15, 0.2) is 77.7 Å². The molecule has 3 rings (SSSR count).